The Kier molecular flexibility index (Phi) is 6.60. The Hall–Kier alpha value is -2.85. The third-order valence-corrected chi connectivity index (χ3v) is 7.41. The second-order valence-corrected chi connectivity index (χ2v) is 9.93. The van der Waals surface area contributed by atoms with E-state index < -0.39 is 5.60 Å². The van der Waals surface area contributed by atoms with Gasteiger partial charge in [-0.05, 0) is 107 Å². The number of rotatable bonds is 4. The number of ether oxygens (including phenoxy) is 1. The molecule has 4 heterocycles. The third-order valence-electron chi connectivity index (χ3n) is 7.41. The molecule has 0 aromatic heterocycles. The zero-order valence-electron chi connectivity index (χ0n) is 19.8. The first-order valence-corrected chi connectivity index (χ1v) is 12.3. The van der Waals surface area contributed by atoms with Crippen LogP contribution in [0.15, 0.2) is 48.5 Å². The van der Waals surface area contributed by atoms with Crippen LogP contribution in [0.25, 0.3) is 0 Å². The summed E-state index contributed by atoms with van der Waals surface area (Å²) in [5.41, 5.74) is 0.605. The van der Waals surface area contributed by atoms with Gasteiger partial charge in [-0.1, -0.05) is 11.8 Å². The number of fused-ring (bicyclic) bond motifs is 3. The van der Waals surface area contributed by atoms with E-state index in [-0.39, 0.29) is 17.9 Å². The summed E-state index contributed by atoms with van der Waals surface area (Å²) in [5, 5.41) is 14.1. The number of nitrogens with zero attached hydrogens (tertiary/aromatic N) is 2. The minimum atomic E-state index is -0.896. The molecule has 6 heteroatoms. The van der Waals surface area contributed by atoms with Crippen molar-refractivity contribution in [1.82, 2.24) is 15.1 Å². The van der Waals surface area contributed by atoms with Gasteiger partial charge in [-0.3, -0.25) is 9.69 Å². The fourth-order valence-electron chi connectivity index (χ4n) is 5.20. The molecule has 0 radical (unpaired) electrons. The fraction of sp³-hybridized carbons (Fsp3) is 0.464. The van der Waals surface area contributed by atoms with Crippen molar-refractivity contribution in [3.8, 4) is 23.3 Å². The van der Waals surface area contributed by atoms with Crippen LogP contribution in [0.2, 0.25) is 0 Å². The van der Waals surface area contributed by atoms with Crippen LogP contribution in [-0.4, -0.2) is 72.2 Å². The fourth-order valence-corrected chi connectivity index (χ4v) is 5.20. The second kappa shape index (κ2) is 9.79. The van der Waals surface area contributed by atoms with E-state index in [1.807, 2.05) is 36.4 Å². The molecule has 6 rings (SSSR count). The monoisotopic (exact) mass is 459 g/mol. The number of piperidine rings is 4. The summed E-state index contributed by atoms with van der Waals surface area (Å²) in [6.07, 6.45) is 4.03. The summed E-state index contributed by atoms with van der Waals surface area (Å²) in [6.45, 7) is 4.83. The van der Waals surface area contributed by atoms with Gasteiger partial charge in [0, 0.05) is 29.6 Å². The lowest BCUT2D eigenvalue weighted by Crippen LogP contribution is -2.58. The highest BCUT2D eigenvalue weighted by atomic mass is 16.5. The van der Waals surface area contributed by atoms with Gasteiger partial charge in [0.25, 0.3) is 5.91 Å². The van der Waals surface area contributed by atoms with Crippen molar-refractivity contribution in [2.75, 3.05) is 39.8 Å². The number of hydrogen-bond donors (Lipinski definition) is 2. The first-order chi connectivity index (χ1) is 16.5. The number of carbonyl (C=O) groups is 1. The summed E-state index contributed by atoms with van der Waals surface area (Å²) < 4.78 is 5.94. The van der Waals surface area contributed by atoms with Crippen molar-refractivity contribution in [2.24, 2.45) is 5.92 Å². The topological polar surface area (TPSA) is 65.0 Å². The molecular weight excluding hydrogens is 426 g/mol. The van der Waals surface area contributed by atoms with E-state index in [0.717, 1.165) is 57.4 Å². The van der Waals surface area contributed by atoms with Gasteiger partial charge >= 0.3 is 0 Å². The van der Waals surface area contributed by atoms with E-state index in [2.05, 4.69) is 34.0 Å². The molecule has 4 aliphatic heterocycles. The molecule has 2 aromatic rings. The number of carbonyl (C=O) groups excluding carboxylic acids is 1. The molecule has 34 heavy (non-hydrogen) atoms. The largest absolute Gasteiger partial charge is 0.457 e. The van der Waals surface area contributed by atoms with Crippen LogP contribution in [0.1, 0.15) is 41.6 Å². The van der Waals surface area contributed by atoms with Crippen LogP contribution in [0.4, 0.5) is 0 Å². The van der Waals surface area contributed by atoms with Crippen molar-refractivity contribution in [1.29, 1.82) is 0 Å². The lowest BCUT2D eigenvalue weighted by atomic mass is 9.76. The van der Waals surface area contributed by atoms with Crippen LogP contribution < -0.4 is 10.1 Å². The molecule has 1 amide bonds. The number of nitrogens with one attached hydrogen (secondary N) is 1. The smallest absolute Gasteiger partial charge is 0.251 e. The quantitative estimate of drug-likeness (QED) is 0.688. The third kappa shape index (κ3) is 5.28. The summed E-state index contributed by atoms with van der Waals surface area (Å²) in [7, 11) is 2.11. The SMILES string of the molecule is CN1CCC(NC(=O)c2ccc(Oc3ccc(C#C[C@@]4(O)CN5CCC4CC5)cc3)cc2)CC1. The Bertz CT molecular complexity index is 1060. The minimum absolute atomic E-state index is 0.0336. The maximum absolute atomic E-state index is 12.5. The van der Waals surface area contributed by atoms with Crippen LogP contribution in [-0.2, 0) is 0 Å². The Labute approximate surface area is 201 Å². The molecule has 178 valence electrons. The highest BCUT2D eigenvalue weighted by Crippen LogP contribution is 2.35. The first kappa shape index (κ1) is 22.9. The number of benzene rings is 2. The van der Waals surface area contributed by atoms with Crippen molar-refractivity contribution < 1.29 is 14.6 Å². The number of amides is 1. The second-order valence-electron chi connectivity index (χ2n) is 9.93. The van der Waals surface area contributed by atoms with Gasteiger partial charge in [0.2, 0.25) is 0 Å². The molecular formula is C28H33N3O3. The molecule has 2 N–H and O–H groups in total. The molecule has 0 unspecified atom stereocenters. The van der Waals surface area contributed by atoms with Crippen LogP contribution in [0.5, 0.6) is 11.5 Å². The maximum Gasteiger partial charge on any atom is 0.251 e. The lowest BCUT2D eigenvalue weighted by molar-refractivity contribution is -0.0713. The zero-order chi connectivity index (χ0) is 23.5. The Morgan fingerprint density at radius 3 is 2.18 bits per heavy atom. The molecule has 2 bridgehead atoms. The molecule has 2 aromatic carbocycles. The number of likely N-dealkylation sites (tertiary alicyclic amines) is 1. The average Bonchev–Trinajstić information content (AvgIpc) is 2.86. The van der Waals surface area contributed by atoms with Gasteiger partial charge in [0.1, 0.15) is 17.1 Å². The Morgan fingerprint density at radius 1 is 0.971 bits per heavy atom. The molecule has 1 atom stereocenters. The minimum Gasteiger partial charge on any atom is -0.457 e. The summed E-state index contributed by atoms with van der Waals surface area (Å²) in [6, 6.07) is 15.1. The van der Waals surface area contributed by atoms with Gasteiger partial charge in [-0.2, -0.15) is 0 Å². The highest BCUT2D eigenvalue weighted by Gasteiger charge is 2.44. The molecule has 0 aliphatic carbocycles. The van der Waals surface area contributed by atoms with Gasteiger partial charge in [0.05, 0.1) is 0 Å². The molecule has 4 saturated heterocycles. The summed E-state index contributed by atoms with van der Waals surface area (Å²) >= 11 is 0. The van der Waals surface area contributed by atoms with E-state index in [0.29, 0.717) is 23.6 Å². The van der Waals surface area contributed by atoms with Crippen molar-refractivity contribution in [3.63, 3.8) is 0 Å². The average molecular weight is 460 g/mol. The first-order valence-electron chi connectivity index (χ1n) is 12.3. The Balaban J connectivity index is 1.16. The molecule has 0 spiro atoms. The molecule has 6 nitrogen and oxygen atoms in total. The van der Waals surface area contributed by atoms with Crippen LogP contribution in [0, 0.1) is 17.8 Å². The van der Waals surface area contributed by atoms with E-state index in [1.54, 1.807) is 12.1 Å². The maximum atomic E-state index is 12.5. The van der Waals surface area contributed by atoms with Gasteiger partial charge in [0.15, 0.2) is 0 Å². The van der Waals surface area contributed by atoms with E-state index in [1.165, 1.54) is 0 Å². The normalized spacial score (nSPS) is 27.0. The number of aliphatic hydroxyl groups is 1. The summed E-state index contributed by atoms with van der Waals surface area (Å²) in [5.74, 6) is 7.93. The Morgan fingerprint density at radius 2 is 1.59 bits per heavy atom. The van der Waals surface area contributed by atoms with Crippen molar-refractivity contribution in [2.45, 2.75) is 37.3 Å². The zero-order valence-corrected chi connectivity index (χ0v) is 19.8. The molecule has 4 aliphatic rings. The van der Waals surface area contributed by atoms with E-state index in [4.69, 9.17) is 4.74 Å². The lowest BCUT2D eigenvalue weighted by Gasteiger charge is -2.47. The standard InChI is InChI=1S/C28H33N3O3/c1-30-16-13-24(14-17-30)29-27(32)22-4-8-26(9-5-22)34-25-6-2-21(3-7-25)10-15-28(33)20-31-18-11-23(28)12-19-31/h2-9,23-24,33H,11-14,16-20H2,1H3,(H,29,32)/t28-/m1/s1. The van der Waals surface area contributed by atoms with Gasteiger partial charge in [-0.25, -0.2) is 0 Å². The van der Waals surface area contributed by atoms with Gasteiger partial charge < -0.3 is 20.1 Å². The summed E-state index contributed by atoms with van der Waals surface area (Å²) in [4.78, 5) is 17.1. The predicted octanol–water partition coefficient (Wildman–Crippen LogP) is 3.11. The van der Waals surface area contributed by atoms with Crippen molar-refractivity contribution in [3.05, 3.63) is 59.7 Å². The highest BCUT2D eigenvalue weighted by molar-refractivity contribution is 5.94. The predicted molar refractivity (Wildman–Crippen MR) is 132 cm³/mol. The molecule has 0 saturated carbocycles. The number of hydrogen-bond acceptors (Lipinski definition) is 5. The van der Waals surface area contributed by atoms with Crippen molar-refractivity contribution >= 4 is 5.91 Å². The van der Waals surface area contributed by atoms with Crippen LogP contribution in [0.3, 0.4) is 0 Å². The van der Waals surface area contributed by atoms with Gasteiger partial charge in [-0.15, -0.1) is 0 Å². The van der Waals surface area contributed by atoms with E-state index >= 15 is 0 Å². The van der Waals surface area contributed by atoms with Crippen LogP contribution >= 0.6 is 0 Å². The molecule has 4 fully saturated rings. The van der Waals surface area contributed by atoms with E-state index in [9.17, 15) is 9.90 Å².